The molecule has 0 atom stereocenters. The minimum Gasteiger partial charge on any atom is -0.309 e. The molecule has 3 nitrogen and oxygen atoms in total. The van der Waals surface area contributed by atoms with Crippen molar-refractivity contribution in [2.75, 3.05) is 0 Å². The van der Waals surface area contributed by atoms with E-state index in [9.17, 15) is 27.3 Å². The fourth-order valence-corrected chi connectivity index (χ4v) is 6.47. The van der Waals surface area contributed by atoms with Gasteiger partial charge in [0.25, 0.3) is 0 Å². The number of benzene rings is 3. The van der Waals surface area contributed by atoms with Crippen molar-refractivity contribution < 1.29 is 76.7 Å². The zero-order chi connectivity index (χ0) is 24.6. The van der Waals surface area contributed by atoms with Crippen LogP contribution in [-0.4, -0.2) is 17.7 Å². The summed E-state index contributed by atoms with van der Waals surface area (Å²) in [6, 6.07) is 32.1. The Hall–Kier alpha value is -1.70. The maximum atomic E-state index is 13.8. The van der Waals surface area contributed by atoms with Gasteiger partial charge < -0.3 is 4.57 Å². The Morgan fingerprint density at radius 1 is 0.686 bits per heavy atom. The maximum absolute atomic E-state index is 13.8. The van der Waals surface area contributed by atoms with Crippen molar-refractivity contribution in [1.29, 1.82) is 0 Å². The molecule has 1 radical (unpaired) electrons. The van der Waals surface area contributed by atoms with E-state index in [1.807, 2.05) is 91.0 Å². The predicted molar refractivity (Wildman–Crippen MR) is 130 cm³/mol. The molecule has 35 heavy (non-hydrogen) atoms. The number of hydrogen-bond donors (Lipinski definition) is 0. The minimum atomic E-state index is -4.92. The molecule has 0 fully saturated rings. The molecule has 0 aliphatic rings. The quantitative estimate of drug-likeness (QED) is 0.151. The van der Waals surface area contributed by atoms with E-state index in [1.54, 1.807) is 5.38 Å². The van der Waals surface area contributed by atoms with Gasteiger partial charge in [0.2, 0.25) is 5.78 Å². The standard InChI is InChI=1S/C18H15OP.C8H5F3O2S.Eu/c19-20(16-10-4-1-5-11-16,17-12-6-2-7-13-17)18-14-8-3-9-15-18;9-8(10,11)7(13)4-5(12)6-2-1-3-14-6;/h1-15H;1-3H,4H2;. The van der Waals surface area contributed by atoms with Crippen LogP contribution in [0.3, 0.4) is 0 Å². The Kier molecular flexibility index (Phi) is 11.4. The fraction of sp³-hybridized carbons (Fsp3) is 0.0769. The van der Waals surface area contributed by atoms with Crippen LogP contribution in [-0.2, 0) is 9.36 Å². The van der Waals surface area contributed by atoms with Gasteiger partial charge in [0.15, 0.2) is 12.9 Å². The second-order valence-corrected chi connectivity index (χ2v) is 10.8. The number of carbonyl (C=O) groups excluding carboxylic acids is 2. The number of ketones is 2. The number of hydrogen-bond acceptors (Lipinski definition) is 4. The second kappa shape index (κ2) is 13.6. The molecule has 0 saturated heterocycles. The number of thiophene rings is 1. The fourth-order valence-electron chi connectivity index (χ4n) is 3.13. The molecule has 0 unspecified atom stereocenters. The molecule has 181 valence electrons. The molecule has 9 heteroatoms. The molecular weight excluding hydrogens is 632 g/mol. The molecule has 0 aliphatic heterocycles. The zero-order valence-electron chi connectivity index (χ0n) is 18.2. The molecular formula is C26H20EuF3O3PS. The van der Waals surface area contributed by atoms with Crippen molar-refractivity contribution in [3.05, 3.63) is 113 Å². The van der Waals surface area contributed by atoms with Crippen LogP contribution in [0.4, 0.5) is 13.2 Å². The van der Waals surface area contributed by atoms with Crippen molar-refractivity contribution >= 4 is 46.0 Å². The van der Waals surface area contributed by atoms with E-state index in [4.69, 9.17) is 0 Å². The van der Waals surface area contributed by atoms with Crippen LogP contribution >= 0.6 is 18.5 Å². The third kappa shape index (κ3) is 7.89. The van der Waals surface area contributed by atoms with Gasteiger partial charge in [-0.2, -0.15) is 13.2 Å². The molecule has 1 heterocycles. The molecule has 0 saturated carbocycles. The van der Waals surface area contributed by atoms with Crippen LogP contribution in [0.2, 0.25) is 0 Å². The van der Waals surface area contributed by atoms with Crippen LogP contribution in [0.15, 0.2) is 109 Å². The first kappa shape index (κ1) is 29.5. The van der Waals surface area contributed by atoms with Crippen LogP contribution in [0.5, 0.6) is 0 Å². The third-order valence-corrected chi connectivity index (χ3v) is 8.78. The van der Waals surface area contributed by atoms with Crippen LogP contribution in [0.25, 0.3) is 0 Å². The summed E-state index contributed by atoms with van der Waals surface area (Å²) in [5.74, 6) is -2.79. The third-order valence-electron chi connectivity index (χ3n) is 4.79. The van der Waals surface area contributed by atoms with Crippen LogP contribution < -0.4 is 15.9 Å². The number of carbonyl (C=O) groups is 2. The summed E-state index contributed by atoms with van der Waals surface area (Å²) >= 11 is 1.01. The minimum absolute atomic E-state index is 0. The Morgan fingerprint density at radius 2 is 1.09 bits per heavy atom. The van der Waals surface area contributed by atoms with E-state index in [0.29, 0.717) is 0 Å². The van der Waals surface area contributed by atoms with E-state index in [0.717, 1.165) is 27.3 Å². The summed E-state index contributed by atoms with van der Waals surface area (Å²) in [4.78, 5) is 21.7. The summed E-state index contributed by atoms with van der Waals surface area (Å²) in [7, 11) is -2.78. The monoisotopic (exact) mass is 653 g/mol. The maximum Gasteiger partial charge on any atom is 0.450 e. The van der Waals surface area contributed by atoms with Crippen molar-refractivity contribution in [1.82, 2.24) is 0 Å². The van der Waals surface area contributed by atoms with Gasteiger partial charge >= 0.3 is 6.18 Å². The molecule has 0 aliphatic carbocycles. The summed E-state index contributed by atoms with van der Waals surface area (Å²) < 4.78 is 49.1. The number of Topliss-reactive ketones (excluding diaryl/α,β-unsaturated/α-hetero) is 2. The Labute approximate surface area is 246 Å². The Morgan fingerprint density at radius 3 is 1.40 bits per heavy atom. The average Bonchev–Trinajstić information content (AvgIpc) is 3.40. The van der Waals surface area contributed by atoms with E-state index in [-0.39, 0.29) is 54.3 Å². The van der Waals surface area contributed by atoms with Gasteiger partial charge in [-0.1, -0.05) is 97.1 Å². The van der Waals surface area contributed by atoms with Gasteiger partial charge in [0.05, 0.1) is 11.3 Å². The van der Waals surface area contributed by atoms with Crippen molar-refractivity contribution in [3.63, 3.8) is 0 Å². The largest absolute Gasteiger partial charge is 0.450 e. The van der Waals surface area contributed by atoms with Crippen molar-refractivity contribution in [3.8, 4) is 0 Å². The van der Waals surface area contributed by atoms with Gasteiger partial charge in [-0.05, 0) is 11.4 Å². The first-order chi connectivity index (χ1) is 16.2. The molecule has 0 spiro atoms. The Bertz CT molecular complexity index is 1160. The second-order valence-electron chi connectivity index (χ2n) is 7.11. The van der Waals surface area contributed by atoms with Gasteiger partial charge in [0.1, 0.15) is 0 Å². The summed E-state index contributed by atoms with van der Waals surface area (Å²) in [6.07, 6.45) is -6.03. The van der Waals surface area contributed by atoms with Gasteiger partial charge in [0, 0.05) is 65.3 Å². The Balaban J connectivity index is 0.000000256. The van der Waals surface area contributed by atoms with E-state index in [2.05, 4.69) is 0 Å². The topological polar surface area (TPSA) is 51.2 Å². The summed E-state index contributed by atoms with van der Waals surface area (Å²) in [6.45, 7) is 0. The first-order valence-corrected chi connectivity index (χ1v) is 12.7. The number of rotatable bonds is 6. The molecule has 0 amide bonds. The molecule has 3 aromatic carbocycles. The number of halogens is 3. The average molecular weight is 652 g/mol. The van der Waals surface area contributed by atoms with Crippen molar-refractivity contribution in [2.24, 2.45) is 0 Å². The molecule has 4 rings (SSSR count). The molecule has 0 N–H and O–H groups in total. The molecule has 0 bridgehead atoms. The normalized spacial score (nSPS) is 10.9. The first-order valence-electron chi connectivity index (χ1n) is 10.2. The smallest absolute Gasteiger partial charge is 0.309 e. The zero-order valence-corrected chi connectivity index (χ0v) is 22.3. The predicted octanol–water partition coefficient (Wildman–Crippen LogP) is 5.78. The van der Waals surface area contributed by atoms with Crippen LogP contribution in [0.1, 0.15) is 16.1 Å². The van der Waals surface area contributed by atoms with E-state index in [1.165, 1.54) is 12.1 Å². The van der Waals surface area contributed by atoms with Gasteiger partial charge in [-0.15, -0.1) is 11.3 Å². The van der Waals surface area contributed by atoms with Crippen molar-refractivity contribution in [2.45, 2.75) is 12.6 Å². The molecule has 4 aromatic rings. The summed E-state index contributed by atoms with van der Waals surface area (Å²) in [5, 5.41) is 4.18. The molecule has 1 aromatic heterocycles. The van der Waals surface area contributed by atoms with E-state index < -0.39 is 31.3 Å². The summed E-state index contributed by atoms with van der Waals surface area (Å²) in [5.41, 5.74) is 0. The number of alkyl halides is 3. The SMILES string of the molecule is O=C(CC(=O)C(F)(F)F)c1cccs1.O=P(c1ccccc1)(c1ccccc1)c1ccccc1.[Eu]. The van der Waals surface area contributed by atoms with E-state index >= 15 is 0 Å². The van der Waals surface area contributed by atoms with Gasteiger partial charge in [-0.3, -0.25) is 9.59 Å². The van der Waals surface area contributed by atoms with Crippen LogP contribution in [0, 0.1) is 49.4 Å². The van der Waals surface area contributed by atoms with Gasteiger partial charge in [-0.25, -0.2) is 0 Å².